The summed E-state index contributed by atoms with van der Waals surface area (Å²) < 4.78 is 1.99. The molecule has 1 saturated carbocycles. The molecule has 0 aliphatic heterocycles. The van der Waals surface area contributed by atoms with Crippen LogP contribution in [0.25, 0.3) is 5.65 Å². The minimum Gasteiger partial charge on any atom is -0.353 e. The number of aryl methyl sites for hydroxylation is 1. The van der Waals surface area contributed by atoms with Crippen LogP contribution in [-0.2, 0) is 11.2 Å². The fraction of sp³-hybridized carbons (Fsp3) is 0.588. The first kappa shape index (κ1) is 15.0. The zero-order chi connectivity index (χ0) is 15.2. The molecule has 0 unspecified atom stereocenters. The normalized spacial score (nSPS) is 16.5. The molecule has 118 valence electrons. The summed E-state index contributed by atoms with van der Waals surface area (Å²) in [6.07, 6.45) is 11.5. The van der Waals surface area contributed by atoms with Crippen molar-refractivity contribution >= 4 is 11.6 Å². The molecule has 1 aliphatic rings. The van der Waals surface area contributed by atoms with Gasteiger partial charge < -0.3 is 5.32 Å². The highest BCUT2D eigenvalue weighted by Crippen LogP contribution is 2.17. The average molecular weight is 300 g/mol. The lowest BCUT2D eigenvalue weighted by Crippen LogP contribution is -2.34. The van der Waals surface area contributed by atoms with Crippen molar-refractivity contribution in [3.05, 3.63) is 30.2 Å². The Kier molecular flexibility index (Phi) is 5.03. The molecule has 2 aromatic rings. The molecule has 1 fully saturated rings. The van der Waals surface area contributed by atoms with Gasteiger partial charge in [0.15, 0.2) is 5.65 Å². The monoisotopic (exact) mass is 300 g/mol. The summed E-state index contributed by atoms with van der Waals surface area (Å²) in [6, 6.07) is 6.26. The van der Waals surface area contributed by atoms with E-state index in [9.17, 15) is 4.79 Å². The number of nitrogens with one attached hydrogen (secondary N) is 1. The number of nitrogens with zero attached hydrogens (tertiary/aromatic N) is 3. The smallest absolute Gasteiger partial charge is 0.220 e. The minimum atomic E-state index is 0.181. The first-order chi connectivity index (χ1) is 10.8. The van der Waals surface area contributed by atoms with Crippen molar-refractivity contribution in [3.8, 4) is 0 Å². The van der Waals surface area contributed by atoms with E-state index in [1.807, 2.05) is 28.8 Å². The Balaban J connectivity index is 1.45. The van der Waals surface area contributed by atoms with Gasteiger partial charge >= 0.3 is 0 Å². The molecule has 1 N–H and O–H groups in total. The molecule has 0 saturated heterocycles. The van der Waals surface area contributed by atoms with Gasteiger partial charge in [-0.2, -0.15) is 0 Å². The fourth-order valence-electron chi connectivity index (χ4n) is 3.19. The Morgan fingerprint density at radius 3 is 2.82 bits per heavy atom. The predicted octanol–water partition coefficient (Wildman–Crippen LogP) is 2.89. The summed E-state index contributed by atoms with van der Waals surface area (Å²) in [5.74, 6) is 1.11. The van der Waals surface area contributed by atoms with Crippen LogP contribution in [0.3, 0.4) is 0 Å². The Bertz CT molecular complexity index is 614. The van der Waals surface area contributed by atoms with Crippen LogP contribution in [-0.4, -0.2) is 26.5 Å². The van der Waals surface area contributed by atoms with Crippen molar-refractivity contribution in [3.63, 3.8) is 0 Å². The molecule has 0 spiro atoms. The van der Waals surface area contributed by atoms with Crippen LogP contribution in [0.2, 0.25) is 0 Å². The summed E-state index contributed by atoms with van der Waals surface area (Å²) in [5.41, 5.74) is 0.861. The van der Waals surface area contributed by atoms with Gasteiger partial charge in [0, 0.05) is 25.1 Å². The lowest BCUT2D eigenvalue weighted by Gasteiger charge is -2.15. The second kappa shape index (κ2) is 7.38. The summed E-state index contributed by atoms with van der Waals surface area (Å²) in [5, 5.41) is 11.5. The zero-order valence-electron chi connectivity index (χ0n) is 13.0. The van der Waals surface area contributed by atoms with E-state index in [0.29, 0.717) is 12.5 Å². The summed E-state index contributed by atoms with van der Waals surface area (Å²) in [7, 11) is 0. The molecule has 0 bridgehead atoms. The standard InChI is InChI=1S/C17H24N4O/c22-17(18-14-8-3-1-2-4-9-14)12-7-11-16-20-19-15-10-5-6-13-21(15)16/h5-6,10,13-14H,1-4,7-9,11-12H2,(H,18,22). The van der Waals surface area contributed by atoms with Gasteiger partial charge in [0.1, 0.15) is 5.82 Å². The molecular formula is C17H24N4O. The number of carbonyl (C=O) groups excluding carboxylic acids is 1. The molecular weight excluding hydrogens is 276 g/mol. The van der Waals surface area contributed by atoms with E-state index in [1.54, 1.807) is 0 Å². The molecule has 1 amide bonds. The SMILES string of the molecule is O=C(CCCc1nnc2ccccn12)NC1CCCCCC1. The highest BCUT2D eigenvalue weighted by atomic mass is 16.1. The molecule has 1 aliphatic carbocycles. The van der Waals surface area contributed by atoms with Crippen molar-refractivity contribution in [2.75, 3.05) is 0 Å². The lowest BCUT2D eigenvalue weighted by molar-refractivity contribution is -0.121. The first-order valence-corrected chi connectivity index (χ1v) is 8.41. The van der Waals surface area contributed by atoms with Crippen LogP contribution in [0.4, 0.5) is 0 Å². The molecule has 2 aromatic heterocycles. The van der Waals surface area contributed by atoms with Gasteiger partial charge in [-0.05, 0) is 31.4 Å². The van der Waals surface area contributed by atoms with E-state index in [0.717, 1.165) is 37.2 Å². The number of pyridine rings is 1. The summed E-state index contributed by atoms with van der Waals surface area (Å²) in [6.45, 7) is 0. The van der Waals surface area contributed by atoms with Gasteiger partial charge in [-0.15, -0.1) is 10.2 Å². The van der Waals surface area contributed by atoms with Crippen LogP contribution in [0.15, 0.2) is 24.4 Å². The molecule has 2 heterocycles. The second-order valence-corrected chi connectivity index (χ2v) is 6.15. The highest BCUT2D eigenvalue weighted by molar-refractivity contribution is 5.76. The second-order valence-electron chi connectivity index (χ2n) is 6.15. The number of aromatic nitrogens is 3. The largest absolute Gasteiger partial charge is 0.353 e. The molecule has 3 rings (SSSR count). The van der Waals surface area contributed by atoms with E-state index < -0.39 is 0 Å². The Morgan fingerprint density at radius 1 is 1.18 bits per heavy atom. The fourth-order valence-corrected chi connectivity index (χ4v) is 3.19. The van der Waals surface area contributed by atoms with E-state index in [1.165, 1.54) is 25.7 Å². The molecule has 5 heteroatoms. The third-order valence-electron chi connectivity index (χ3n) is 4.41. The topological polar surface area (TPSA) is 59.3 Å². The Morgan fingerprint density at radius 2 is 2.00 bits per heavy atom. The average Bonchev–Trinajstić information content (AvgIpc) is 2.76. The van der Waals surface area contributed by atoms with Gasteiger partial charge in [0.2, 0.25) is 5.91 Å². The molecule has 5 nitrogen and oxygen atoms in total. The Hall–Kier alpha value is -1.91. The van der Waals surface area contributed by atoms with Crippen molar-refractivity contribution in [2.45, 2.75) is 63.8 Å². The third kappa shape index (κ3) is 3.84. The van der Waals surface area contributed by atoms with Crippen molar-refractivity contribution in [1.82, 2.24) is 19.9 Å². The van der Waals surface area contributed by atoms with E-state index in [-0.39, 0.29) is 5.91 Å². The summed E-state index contributed by atoms with van der Waals surface area (Å²) in [4.78, 5) is 12.1. The molecule has 0 radical (unpaired) electrons. The van der Waals surface area contributed by atoms with Crippen molar-refractivity contribution in [1.29, 1.82) is 0 Å². The zero-order valence-corrected chi connectivity index (χ0v) is 13.0. The number of fused-ring (bicyclic) bond motifs is 1. The van der Waals surface area contributed by atoms with Crippen LogP contribution < -0.4 is 5.32 Å². The number of hydrogen-bond donors (Lipinski definition) is 1. The maximum atomic E-state index is 12.1. The lowest BCUT2D eigenvalue weighted by atomic mass is 10.1. The molecule has 0 aromatic carbocycles. The number of rotatable bonds is 5. The van der Waals surface area contributed by atoms with Crippen LogP contribution in [0, 0.1) is 0 Å². The van der Waals surface area contributed by atoms with E-state index in [2.05, 4.69) is 15.5 Å². The maximum absolute atomic E-state index is 12.1. The molecule has 0 atom stereocenters. The number of carbonyl (C=O) groups is 1. The van der Waals surface area contributed by atoms with Gasteiger partial charge in [-0.1, -0.05) is 31.7 Å². The minimum absolute atomic E-state index is 0.181. The summed E-state index contributed by atoms with van der Waals surface area (Å²) >= 11 is 0. The van der Waals surface area contributed by atoms with Crippen molar-refractivity contribution in [2.24, 2.45) is 0 Å². The number of amides is 1. The van der Waals surface area contributed by atoms with Gasteiger partial charge in [-0.3, -0.25) is 9.20 Å². The highest BCUT2D eigenvalue weighted by Gasteiger charge is 2.14. The van der Waals surface area contributed by atoms with Crippen LogP contribution in [0.5, 0.6) is 0 Å². The Labute approximate surface area is 131 Å². The predicted molar refractivity (Wildman–Crippen MR) is 85.6 cm³/mol. The quantitative estimate of drug-likeness (QED) is 0.864. The van der Waals surface area contributed by atoms with Crippen LogP contribution in [0.1, 0.15) is 57.2 Å². The van der Waals surface area contributed by atoms with Gasteiger partial charge in [0.25, 0.3) is 0 Å². The molecule has 22 heavy (non-hydrogen) atoms. The van der Waals surface area contributed by atoms with E-state index in [4.69, 9.17) is 0 Å². The van der Waals surface area contributed by atoms with E-state index >= 15 is 0 Å². The first-order valence-electron chi connectivity index (χ1n) is 8.41. The van der Waals surface area contributed by atoms with Gasteiger partial charge in [-0.25, -0.2) is 0 Å². The third-order valence-corrected chi connectivity index (χ3v) is 4.41. The number of hydrogen-bond acceptors (Lipinski definition) is 3. The van der Waals surface area contributed by atoms with Gasteiger partial charge in [0.05, 0.1) is 0 Å². The maximum Gasteiger partial charge on any atom is 0.220 e. The van der Waals surface area contributed by atoms with Crippen molar-refractivity contribution < 1.29 is 4.79 Å². The van der Waals surface area contributed by atoms with Crippen LogP contribution >= 0.6 is 0 Å².